The molecule has 0 aliphatic heterocycles. The number of ether oxygens (including phenoxy) is 1. The second kappa shape index (κ2) is 6.37. The van der Waals surface area contributed by atoms with Crippen molar-refractivity contribution in [1.29, 1.82) is 0 Å². The first-order valence-electron chi connectivity index (χ1n) is 6.40. The van der Waals surface area contributed by atoms with Crippen molar-refractivity contribution < 1.29 is 9.13 Å². The minimum absolute atomic E-state index is 0.104. The van der Waals surface area contributed by atoms with Crippen molar-refractivity contribution in [2.75, 3.05) is 0 Å². The average Bonchev–Trinajstić information content (AvgIpc) is 2.37. The molecule has 0 aromatic heterocycles. The van der Waals surface area contributed by atoms with Crippen LogP contribution in [0.15, 0.2) is 40.9 Å². The van der Waals surface area contributed by atoms with Crippen molar-refractivity contribution in [1.82, 2.24) is 0 Å². The second-order valence-corrected chi connectivity index (χ2v) is 5.75. The lowest BCUT2D eigenvalue weighted by atomic mass is 10.1. The van der Waals surface area contributed by atoms with Crippen molar-refractivity contribution in [3.05, 3.63) is 63.4 Å². The lowest BCUT2D eigenvalue weighted by Gasteiger charge is -2.15. The van der Waals surface area contributed by atoms with Crippen LogP contribution >= 0.6 is 15.9 Å². The Kier molecular flexibility index (Phi) is 4.78. The Hall–Kier alpha value is -1.39. The van der Waals surface area contributed by atoms with Gasteiger partial charge in [-0.15, -0.1) is 0 Å². The lowest BCUT2D eigenvalue weighted by Crippen LogP contribution is -2.08. The van der Waals surface area contributed by atoms with E-state index in [2.05, 4.69) is 15.9 Å². The molecule has 2 nitrogen and oxygen atoms in total. The smallest absolute Gasteiger partial charge is 0.125 e. The van der Waals surface area contributed by atoms with Gasteiger partial charge in [0.2, 0.25) is 0 Å². The third-order valence-corrected chi connectivity index (χ3v) is 3.65. The summed E-state index contributed by atoms with van der Waals surface area (Å²) in [7, 11) is 0. The Morgan fingerprint density at radius 3 is 2.65 bits per heavy atom. The molecule has 106 valence electrons. The Labute approximate surface area is 126 Å². The molecular formula is C16H17BrFNO. The highest BCUT2D eigenvalue weighted by molar-refractivity contribution is 9.10. The zero-order valence-corrected chi connectivity index (χ0v) is 13.1. The molecule has 0 saturated heterocycles. The molecule has 4 heteroatoms. The van der Waals surface area contributed by atoms with Crippen LogP contribution in [0, 0.1) is 12.7 Å². The van der Waals surface area contributed by atoms with Crippen LogP contribution in [0.3, 0.4) is 0 Å². The zero-order valence-electron chi connectivity index (χ0n) is 11.5. The van der Waals surface area contributed by atoms with Gasteiger partial charge in [0.15, 0.2) is 0 Å². The van der Waals surface area contributed by atoms with Gasteiger partial charge >= 0.3 is 0 Å². The average molecular weight is 338 g/mol. The first-order chi connectivity index (χ1) is 9.47. The lowest BCUT2D eigenvalue weighted by molar-refractivity contribution is 0.300. The summed E-state index contributed by atoms with van der Waals surface area (Å²) in [5.74, 6) is 0.517. The molecule has 2 aromatic rings. The highest BCUT2D eigenvalue weighted by atomic mass is 79.9. The number of aryl methyl sites for hydroxylation is 1. The van der Waals surface area contributed by atoms with Gasteiger partial charge in [-0.3, -0.25) is 0 Å². The predicted molar refractivity (Wildman–Crippen MR) is 82.2 cm³/mol. The van der Waals surface area contributed by atoms with E-state index in [1.807, 2.05) is 32.0 Å². The molecule has 0 amide bonds. The summed E-state index contributed by atoms with van der Waals surface area (Å²) >= 11 is 3.43. The number of halogens is 2. The molecule has 0 fully saturated rings. The highest BCUT2D eigenvalue weighted by Crippen LogP contribution is 2.28. The van der Waals surface area contributed by atoms with Crippen LogP contribution in [0.25, 0.3) is 0 Å². The van der Waals surface area contributed by atoms with Gasteiger partial charge in [0.25, 0.3) is 0 Å². The molecule has 0 heterocycles. The van der Waals surface area contributed by atoms with E-state index in [1.54, 1.807) is 6.07 Å². The van der Waals surface area contributed by atoms with Gasteiger partial charge in [0.05, 0.1) is 0 Å². The van der Waals surface area contributed by atoms with Crippen LogP contribution in [0.5, 0.6) is 5.75 Å². The number of rotatable bonds is 4. The van der Waals surface area contributed by atoms with Gasteiger partial charge < -0.3 is 10.5 Å². The third kappa shape index (κ3) is 3.58. The monoisotopic (exact) mass is 337 g/mol. The van der Waals surface area contributed by atoms with Crippen LogP contribution in [0.4, 0.5) is 4.39 Å². The van der Waals surface area contributed by atoms with Crippen molar-refractivity contribution in [2.24, 2.45) is 5.73 Å². The topological polar surface area (TPSA) is 35.2 Å². The summed E-state index contributed by atoms with van der Waals surface area (Å²) in [5, 5.41) is 0. The Morgan fingerprint density at radius 1 is 1.25 bits per heavy atom. The molecule has 0 saturated carbocycles. The quantitative estimate of drug-likeness (QED) is 0.891. The van der Waals surface area contributed by atoms with Crippen LogP contribution in [0.2, 0.25) is 0 Å². The molecule has 2 N–H and O–H groups in total. The second-order valence-electron chi connectivity index (χ2n) is 4.83. The fourth-order valence-corrected chi connectivity index (χ4v) is 2.33. The molecule has 0 bridgehead atoms. The maximum absolute atomic E-state index is 13.1. The number of hydrogen-bond acceptors (Lipinski definition) is 2. The normalized spacial score (nSPS) is 12.2. The van der Waals surface area contributed by atoms with Gasteiger partial charge in [0.1, 0.15) is 18.2 Å². The maximum atomic E-state index is 13.1. The van der Waals surface area contributed by atoms with Gasteiger partial charge in [0, 0.05) is 16.1 Å². The van der Waals surface area contributed by atoms with Crippen molar-refractivity contribution in [3.63, 3.8) is 0 Å². The number of benzene rings is 2. The zero-order chi connectivity index (χ0) is 14.7. The van der Waals surface area contributed by atoms with Crippen LogP contribution in [-0.2, 0) is 6.61 Å². The van der Waals surface area contributed by atoms with Gasteiger partial charge in [-0.05, 0) is 49.2 Å². The molecule has 1 atom stereocenters. The number of hydrogen-bond donors (Lipinski definition) is 1. The molecule has 2 aromatic carbocycles. The Balaban J connectivity index is 2.20. The third-order valence-electron chi connectivity index (χ3n) is 3.15. The molecule has 2 rings (SSSR count). The first-order valence-corrected chi connectivity index (χ1v) is 7.19. The summed E-state index contributed by atoms with van der Waals surface area (Å²) in [6.07, 6.45) is 0. The van der Waals surface area contributed by atoms with Gasteiger partial charge in [-0.1, -0.05) is 28.1 Å². The Morgan fingerprint density at radius 2 is 2.00 bits per heavy atom. The summed E-state index contributed by atoms with van der Waals surface area (Å²) in [6.45, 7) is 4.18. The van der Waals surface area contributed by atoms with Gasteiger partial charge in [-0.25, -0.2) is 4.39 Å². The fourth-order valence-electron chi connectivity index (χ4n) is 1.99. The van der Waals surface area contributed by atoms with E-state index in [0.29, 0.717) is 6.61 Å². The van der Waals surface area contributed by atoms with Gasteiger partial charge in [-0.2, -0.15) is 0 Å². The largest absolute Gasteiger partial charge is 0.489 e. The van der Waals surface area contributed by atoms with E-state index in [9.17, 15) is 4.39 Å². The summed E-state index contributed by atoms with van der Waals surface area (Å²) < 4.78 is 19.9. The van der Waals surface area contributed by atoms with E-state index in [0.717, 1.165) is 26.9 Å². The van der Waals surface area contributed by atoms with Crippen molar-refractivity contribution >= 4 is 15.9 Å². The molecule has 20 heavy (non-hydrogen) atoms. The fraction of sp³-hybridized carbons (Fsp3) is 0.250. The van der Waals surface area contributed by atoms with E-state index >= 15 is 0 Å². The molecule has 0 aliphatic carbocycles. The summed E-state index contributed by atoms with van der Waals surface area (Å²) in [5.41, 5.74) is 8.73. The summed E-state index contributed by atoms with van der Waals surface area (Å²) in [4.78, 5) is 0. The van der Waals surface area contributed by atoms with Crippen molar-refractivity contribution in [3.8, 4) is 5.75 Å². The SMILES string of the molecule is Cc1cc(F)ccc1COc1cc(Br)ccc1[C@H](C)N. The first kappa shape index (κ1) is 15.0. The molecule has 0 unspecified atom stereocenters. The molecule has 0 spiro atoms. The molecular weight excluding hydrogens is 321 g/mol. The molecule has 0 radical (unpaired) electrons. The predicted octanol–water partition coefficient (Wildman–Crippen LogP) is 4.50. The van der Waals surface area contributed by atoms with E-state index < -0.39 is 0 Å². The number of nitrogens with two attached hydrogens (primary N) is 1. The van der Waals surface area contributed by atoms with E-state index in [4.69, 9.17) is 10.5 Å². The molecule has 0 aliphatic rings. The van der Waals surface area contributed by atoms with E-state index in [-0.39, 0.29) is 11.9 Å². The van der Waals surface area contributed by atoms with Crippen LogP contribution in [-0.4, -0.2) is 0 Å². The highest BCUT2D eigenvalue weighted by Gasteiger charge is 2.10. The minimum atomic E-state index is -0.232. The Bertz CT molecular complexity index is 613. The van der Waals surface area contributed by atoms with Crippen LogP contribution < -0.4 is 10.5 Å². The summed E-state index contributed by atoms with van der Waals surface area (Å²) in [6, 6.07) is 10.4. The maximum Gasteiger partial charge on any atom is 0.125 e. The standard InChI is InChI=1S/C16H17BrFNO/c1-10-7-14(18)5-3-12(10)9-20-16-8-13(17)4-6-15(16)11(2)19/h3-8,11H,9,19H2,1-2H3/t11-/m0/s1. The van der Waals surface area contributed by atoms with Crippen molar-refractivity contribution in [2.45, 2.75) is 26.5 Å². The van der Waals surface area contributed by atoms with Crippen LogP contribution in [0.1, 0.15) is 29.7 Å². The minimum Gasteiger partial charge on any atom is -0.489 e. The van der Waals surface area contributed by atoms with E-state index in [1.165, 1.54) is 12.1 Å².